The third-order valence-electron chi connectivity index (χ3n) is 3.92. The van der Waals surface area contributed by atoms with E-state index in [0.717, 1.165) is 30.6 Å². The average molecular weight is 350 g/mol. The number of hydrogen-bond acceptors (Lipinski definition) is 4. The molecule has 1 atom stereocenters. The van der Waals surface area contributed by atoms with Gasteiger partial charge in [-0.25, -0.2) is 15.0 Å². The van der Waals surface area contributed by atoms with Gasteiger partial charge in [-0.1, -0.05) is 24.6 Å². The number of amides is 1. The lowest BCUT2D eigenvalue weighted by molar-refractivity contribution is -0.186. The summed E-state index contributed by atoms with van der Waals surface area (Å²) >= 11 is 6.04. The highest BCUT2D eigenvalue weighted by atomic mass is 35.5. The molecule has 6 nitrogen and oxygen atoms in total. The Labute approximate surface area is 145 Å². The molecule has 1 aliphatic rings. The number of nitrogens with zero attached hydrogens (tertiary/aromatic N) is 2. The summed E-state index contributed by atoms with van der Waals surface area (Å²) in [6.45, 7) is 2.63. The number of nitrogens with one attached hydrogen (secondary N) is 1. The molecule has 128 valence electrons. The van der Waals surface area contributed by atoms with E-state index in [1.54, 1.807) is 16.9 Å². The second kappa shape index (κ2) is 7.79. The van der Waals surface area contributed by atoms with Crippen LogP contribution < -0.4 is 5.48 Å². The van der Waals surface area contributed by atoms with Crippen LogP contribution in [0.1, 0.15) is 42.2 Å². The summed E-state index contributed by atoms with van der Waals surface area (Å²) < 4.78 is 7.16. The summed E-state index contributed by atoms with van der Waals surface area (Å²) in [6.07, 6.45) is 4.65. The molecule has 0 radical (unpaired) electrons. The Kier molecular flexibility index (Phi) is 5.50. The maximum absolute atomic E-state index is 12.4. The summed E-state index contributed by atoms with van der Waals surface area (Å²) in [5, 5.41) is 4.94. The minimum absolute atomic E-state index is 0.325. The van der Waals surface area contributed by atoms with Crippen molar-refractivity contribution >= 4 is 17.5 Å². The number of hydroxylamine groups is 1. The fraction of sp³-hybridized carbons (Fsp3) is 0.412. The van der Waals surface area contributed by atoms with Crippen LogP contribution in [-0.4, -0.2) is 28.6 Å². The Morgan fingerprint density at radius 1 is 1.50 bits per heavy atom. The summed E-state index contributed by atoms with van der Waals surface area (Å²) in [7, 11) is 0. The zero-order valence-electron chi connectivity index (χ0n) is 13.5. The van der Waals surface area contributed by atoms with E-state index in [-0.39, 0.29) is 12.2 Å². The second-order valence-corrected chi connectivity index (χ2v) is 6.03. The molecule has 24 heavy (non-hydrogen) atoms. The van der Waals surface area contributed by atoms with Gasteiger partial charge in [-0.05, 0) is 37.5 Å². The molecule has 1 unspecified atom stereocenters. The van der Waals surface area contributed by atoms with Crippen LogP contribution in [0.5, 0.6) is 0 Å². The third-order valence-corrected chi connectivity index (χ3v) is 4.16. The number of hydrogen-bond donors (Lipinski definition) is 1. The van der Waals surface area contributed by atoms with E-state index in [2.05, 4.69) is 10.6 Å². The molecule has 0 bridgehead atoms. The van der Waals surface area contributed by atoms with Gasteiger partial charge in [0.15, 0.2) is 6.29 Å². The van der Waals surface area contributed by atoms with Crippen LogP contribution in [0.15, 0.2) is 30.5 Å². The first-order valence-corrected chi connectivity index (χ1v) is 8.47. The summed E-state index contributed by atoms with van der Waals surface area (Å²) in [4.78, 5) is 17.8. The first-order valence-electron chi connectivity index (χ1n) is 8.09. The van der Waals surface area contributed by atoms with Gasteiger partial charge in [0.25, 0.3) is 5.91 Å². The van der Waals surface area contributed by atoms with Crippen LogP contribution in [0.3, 0.4) is 0 Å². The Morgan fingerprint density at radius 2 is 2.38 bits per heavy atom. The Morgan fingerprint density at radius 3 is 3.08 bits per heavy atom. The molecule has 2 aromatic rings. The molecule has 1 aliphatic heterocycles. The van der Waals surface area contributed by atoms with E-state index in [1.165, 1.54) is 0 Å². The Hall–Kier alpha value is -1.89. The number of carbonyl (C=O) groups is 1. The monoisotopic (exact) mass is 349 g/mol. The largest absolute Gasteiger partial charge is 0.350 e. The molecule has 7 heteroatoms. The van der Waals surface area contributed by atoms with Crippen LogP contribution in [-0.2, 0) is 16.0 Å². The number of benzene rings is 1. The maximum Gasteiger partial charge on any atom is 0.278 e. The fourth-order valence-corrected chi connectivity index (χ4v) is 2.90. The molecule has 2 heterocycles. The summed E-state index contributed by atoms with van der Waals surface area (Å²) in [6, 6.07) is 7.35. The topological polar surface area (TPSA) is 65.4 Å². The van der Waals surface area contributed by atoms with Crippen molar-refractivity contribution < 1.29 is 14.4 Å². The SMILES string of the molecule is CCc1c(C(=O)NOC2CCCCO2)cnn1-c1cccc(Cl)c1. The van der Waals surface area contributed by atoms with E-state index in [1.807, 2.05) is 25.1 Å². The van der Waals surface area contributed by atoms with Gasteiger partial charge in [-0.15, -0.1) is 0 Å². The van der Waals surface area contributed by atoms with E-state index < -0.39 is 0 Å². The number of ether oxygens (including phenoxy) is 1. The van der Waals surface area contributed by atoms with Crippen molar-refractivity contribution in [2.45, 2.75) is 38.9 Å². The van der Waals surface area contributed by atoms with Crippen LogP contribution in [0.25, 0.3) is 5.69 Å². The van der Waals surface area contributed by atoms with Crippen molar-refractivity contribution in [1.82, 2.24) is 15.3 Å². The van der Waals surface area contributed by atoms with Gasteiger partial charge >= 0.3 is 0 Å². The molecule has 1 aromatic carbocycles. The first kappa shape index (κ1) is 17.0. The van der Waals surface area contributed by atoms with Gasteiger partial charge in [-0.2, -0.15) is 5.10 Å². The van der Waals surface area contributed by atoms with Gasteiger partial charge in [-0.3, -0.25) is 4.79 Å². The molecule has 0 spiro atoms. The number of carbonyl (C=O) groups excluding carboxylic acids is 1. The van der Waals surface area contributed by atoms with Crippen LogP contribution in [0.4, 0.5) is 0 Å². The molecule has 1 N–H and O–H groups in total. The lowest BCUT2D eigenvalue weighted by Crippen LogP contribution is -2.33. The van der Waals surface area contributed by atoms with Crippen LogP contribution in [0, 0.1) is 0 Å². The van der Waals surface area contributed by atoms with Gasteiger partial charge in [0.1, 0.15) is 0 Å². The Balaban J connectivity index is 1.74. The van der Waals surface area contributed by atoms with Gasteiger partial charge < -0.3 is 4.74 Å². The summed E-state index contributed by atoms with van der Waals surface area (Å²) in [5.74, 6) is -0.325. The zero-order chi connectivity index (χ0) is 16.9. The minimum Gasteiger partial charge on any atom is -0.350 e. The molecule has 1 aromatic heterocycles. The van der Waals surface area contributed by atoms with Gasteiger partial charge in [0.2, 0.25) is 0 Å². The molecule has 0 aliphatic carbocycles. The highest BCUT2D eigenvalue weighted by molar-refractivity contribution is 6.30. The van der Waals surface area contributed by atoms with Gasteiger partial charge in [0.05, 0.1) is 23.1 Å². The maximum atomic E-state index is 12.4. The van der Waals surface area contributed by atoms with Gasteiger partial charge in [0, 0.05) is 18.1 Å². The summed E-state index contributed by atoms with van der Waals surface area (Å²) in [5.41, 5.74) is 4.57. The highest BCUT2D eigenvalue weighted by Gasteiger charge is 2.20. The van der Waals surface area contributed by atoms with Crippen LogP contribution in [0.2, 0.25) is 5.02 Å². The van der Waals surface area contributed by atoms with Crippen molar-refractivity contribution in [3.05, 3.63) is 46.7 Å². The molecule has 0 saturated carbocycles. The molecular formula is C17H20ClN3O3. The molecule has 1 fully saturated rings. The third kappa shape index (κ3) is 3.77. The standard InChI is InChI=1S/C17H20ClN3O3/c1-2-15-14(17(22)20-24-16-8-3-4-9-23-16)11-19-21(15)13-7-5-6-12(18)10-13/h5-7,10-11,16H,2-4,8-9H2,1H3,(H,20,22). The number of rotatable bonds is 5. The zero-order valence-corrected chi connectivity index (χ0v) is 14.3. The average Bonchev–Trinajstić information content (AvgIpc) is 3.04. The lowest BCUT2D eigenvalue weighted by Gasteiger charge is -2.22. The molecule has 1 saturated heterocycles. The highest BCUT2D eigenvalue weighted by Crippen LogP contribution is 2.19. The quantitative estimate of drug-likeness (QED) is 0.841. The number of halogens is 1. The van der Waals surface area contributed by atoms with Crippen molar-refractivity contribution in [3.8, 4) is 5.69 Å². The van der Waals surface area contributed by atoms with Crippen molar-refractivity contribution in [2.24, 2.45) is 0 Å². The fourth-order valence-electron chi connectivity index (χ4n) is 2.71. The predicted octanol–water partition coefficient (Wildman–Crippen LogP) is 3.28. The first-order chi connectivity index (χ1) is 11.7. The van der Waals surface area contributed by atoms with E-state index in [9.17, 15) is 4.79 Å². The molecular weight excluding hydrogens is 330 g/mol. The van der Waals surface area contributed by atoms with Crippen molar-refractivity contribution in [1.29, 1.82) is 0 Å². The van der Waals surface area contributed by atoms with E-state index >= 15 is 0 Å². The normalized spacial score (nSPS) is 17.7. The van der Waals surface area contributed by atoms with E-state index in [4.69, 9.17) is 21.2 Å². The molecule has 3 rings (SSSR count). The lowest BCUT2D eigenvalue weighted by atomic mass is 10.2. The Bertz CT molecular complexity index is 711. The number of aromatic nitrogens is 2. The van der Waals surface area contributed by atoms with Crippen molar-refractivity contribution in [3.63, 3.8) is 0 Å². The predicted molar refractivity (Wildman–Crippen MR) is 90.1 cm³/mol. The second-order valence-electron chi connectivity index (χ2n) is 5.60. The smallest absolute Gasteiger partial charge is 0.278 e. The molecule has 1 amide bonds. The van der Waals surface area contributed by atoms with Crippen molar-refractivity contribution in [2.75, 3.05) is 6.61 Å². The van der Waals surface area contributed by atoms with Crippen LogP contribution >= 0.6 is 11.6 Å². The minimum atomic E-state index is -0.379. The van der Waals surface area contributed by atoms with E-state index in [0.29, 0.717) is 23.6 Å².